The number of carbonyl (C=O) groups is 2. The lowest BCUT2D eigenvalue weighted by Crippen LogP contribution is -2.43. The highest BCUT2D eigenvalue weighted by Crippen LogP contribution is 2.23. The lowest BCUT2D eigenvalue weighted by Gasteiger charge is -2.21. The maximum Gasteiger partial charge on any atom is 0.321 e. The first-order chi connectivity index (χ1) is 10.5. The average molecular weight is 348 g/mol. The molecule has 0 aromatic heterocycles. The van der Waals surface area contributed by atoms with Crippen molar-refractivity contribution in [2.24, 2.45) is 0 Å². The summed E-state index contributed by atoms with van der Waals surface area (Å²) in [6.45, 7) is 1.03. The van der Waals surface area contributed by atoms with Crippen molar-refractivity contribution in [2.45, 2.75) is 13.0 Å². The molecule has 8 heteroatoms. The first-order valence-electron chi connectivity index (χ1n) is 6.75. The van der Waals surface area contributed by atoms with Crippen molar-refractivity contribution in [3.05, 3.63) is 33.8 Å². The van der Waals surface area contributed by atoms with Crippen LogP contribution in [0.15, 0.2) is 18.2 Å². The standard InChI is InChI=1S/C14H19Cl2N3O3/c1-17-14(22)18-13(21)9-19(5-2-6-20)8-10-3-4-11(15)12(16)7-10/h3-4,7,20H,2,5-6,8-9H2,1H3,(H2,17,18,21,22). The van der Waals surface area contributed by atoms with Gasteiger partial charge in [-0.25, -0.2) is 4.79 Å². The first kappa shape index (κ1) is 18.7. The summed E-state index contributed by atoms with van der Waals surface area (Å²) < 4.78 is 0. The minimum atomic E-state index is -0.554. The van der Waals surface area contributed by atoms with Crippen LogP contribution in [0.3, 0.4) is 0 Å². The van der Waals surface area contributed by atoms with E-state index in [1.165, 1.54) is 7.05 Å². The lowest BCUT2D eigenvalue weighted by atomic mass is 10.2. The molecule has 0 heterocycles. The molecule has 122 valence electrons. The number of nitrogens with one attached hydrogen (secondary N) is 2. The molecule has 0 aliphatic heterocycles. The number of urea groups is 1. The minimum absolute atomic E-state index is 0.0228. The van der Waals surface area contributed by atoms with Gasteiger partial charge in [0.15, 0.2) is 0 Å². The number of carbonyl (C=O) groups excluding carboxylic acids is 2. The van der Waals surface area contributed by atoms with E-state index in [9.17, 15) is 9.59 Å². The molecule has 0 aliphatic carbocycles. The number of imide groups is 1. The van der Waals surface area contributed by atoms with E-state index in [0.717, 1.165) is 5.56 Å². The second kappa shape index (κ2) is 9.63. The Bertz CT molecular complexity index is 526. The van der Waals surface area contributed by atoms with E-state index in [4.69, 9.17) is 28.3 Å². The maximum atomic E-state index is 11.8. The number of hydrogen-bond acceptors (Lipinski definition) is 4. The van der Waals surface area contributed by atoms with Crippen LogP contribution in [0.4, 0.5) is 4.79 Å². The van der Waals surface area contributed by atoms with Gasteiger partial charge in [-0.05, 0) is 24.1 Å². The molecular formula is C14H19Cl2N3O3. The Kier molecular flexibility index (Phi) is 8.19. The predicted octanol–water partition coefficient (Wildman–Crippen LogP) is 1.63. The van der Waals surface area contributed by atoms with Gasteiger partial charge in [0.2, 0.25) is 5.91 Å². The molecule has 1 rings (SSSR count). The Labute approximate surface area is 139 Å². The van der Waals surface area contributed by atoms with Gasteiger partial charge in [-0.3, -0.25) is 15.0 Å². The van der Waals surface area contributed by atoms with Crippen LogP contribution in [-0.2, 0) is 11.3 Å². The summed E-state index contributed by atoms with van der Waals surface area (Å²) >= 11 is 11.8. The topological polar surface area (TPSA) is 81.7 Å². The number of benzene rings is 1. The summed E-state index contributed by atoms with van der Waals surface area (Å²) in [5.41, 5.74) is 0.889. The molecule has 0 saturated carbocycles. The summed E-state index contributed by atoms with van der Waals surface area (Å²) in [7, 11) is 1.43. The van der Waals surface area contributed by atoms with Crippen molar-refractivity contribution in [1.29, 1.82) is 0 Å². The molecule has 0 fully saturated rings. The molecule has 1 aromatic carbocycles. The molecule has 0 unspecified atom stereocenters. The Morgan fingerprint density at radius 3 is 2.59 bits per heavy atom. The highest BCUT2D eigenvalue weighted by atomic mass is 35.5. The monoisotopic (exact) mass is 347 g/mol. The Balaban J connectivity index is 2.68. The fourth-order valence-corrected chi connectivity index (χ4v) is 2.16. The van der Waals surface area contributed by atoms with Crippen LogP contribution in [0.25, 0.3) is 0 Å². The van der Waals surface area contributed by atoms with Crippen LogP contribution >= 0.6 is 23.2 Å². The van der Waals surface area contributed by atoms with Gasteiger partial charge >= 0.3 is 6.03 Å². The number of nitrogens with zero attached hydrogens (tertiary/aromatic N) is 1. The maximum absolute atomic E-state index is 11.8. The minimum Gasteiger partial charge on any atom is -0.396 e. The number of aliphatic hydroxyl groups is 1. The van der Waals surface area contributed by atoms with Crippen LogP contribution in [-0.4, -0.2) is 48.7 Å². The SMILES string of the molecule is CNC(=O)NC(=O)CN(CCCO)Cc1ccc(Cl)c(Cl)c1. The number of rotatable bonds is 7. The Morgan fingerprint density at radius 2 is 2.00 bits per heavy atom. The lowest BCUT2D eigenvalue weighted by molar-refractivity contribution is -0.121. The van der Waals surface area contributed by atoms with Gasteiger partial charge < -0.3 is 10.4 Å². The van der Waals surface area contributed by atoms with Gasteiger partial charge in [-0.2, -0.15) is 0 Å². The van der Waals surface area contributed by atoms with Crippen LogP contribution in [0.2, 0.25) is 10.0 Å². The predicted molar refractivity (Wildman–Crippen MR) is 86.0 cm³/mol. The molecule has 0 saturated heterocycles. The molecule has 3 amide bonds. The fourth-order valence-electron chi connectivity index (χ4n) is 1.84. The van der Waals surface area contributed by atoms with Crippen molar-refractivity contribution >= 4 is 35.1 Å². The normalized spacial score (nSPS) is 10.6. The number of halogens is 2. The van der Waals surface area contributed by atoms with Crippen LogP contribution in [0.1, 0.15) is 12.0 Å². The summed E-state index contributed by atoms with van der Waals surface area (Å²) in [4.78, 5) is 24.7. The third-order valence-corrected chi connectivity index (χ3v) is 3.61. The summed E-state index contributed by atoms with van der Waals surface area (Å²) in [5, 5.41) is 14.4. The average Bonchev–Trinajstić information content (AvgIpc) is 2.48. The second-order valence-corrected chi connectivity index (χ2v) is 5.48. The number of amides is 3. The third kappa shape index (κ3) is 6.62. The highest BCUT2D eigenvalue weighted by molar-refractivity contribution is 6.42. The molecule has 3 N–H and O–H groups in total. The van der Waals surface area contributed by atoms with Crippen molar-refractivity contribution < 1.29 is 14.7 Å². The zero-order valence-electron chi connectivity index (χ0n) is 12.2. The quantitative estimate of drug-likeness (QED) is 0.700. The Morgan fingerprint density at radius 1 is 1.27 bits per heavy atom. The zero-order valence-corrected chi connectivity index (χ0v) is 13.7. The molecule has 0 atom stereocenters. The van der Waals surface area contributed by atoms with Crippen molar-refractivity contribution in [3.8, 4) is 0 Å². The van der Waals surface area contributed by atoms with Gasteiger partial charge in [0, 0.05) is 26.7 Å². The Hall–Kier alpha value is -1.34. The van der Waals surface area contributed by atoms with Gasteiger partial charge in [-0.1, -0.05) is 29.3 Å². The van der Waals surface area contributed by atoms with Crippen LogP contribution in [0, 0.1) is 0 Å². The van der Waals surface area contributed by atoms with E-state index in [2.05, 4.69) is 10.6 Å². The van der Waals surface area contributed by atoms with Gasteiger partial charge in [0.05, 0.1) is 16.6 Å². The zero-order chi connectivity index (χ0) is 16.5. The molecule has 0 radical (unpaired) electrons. The smallest absolute Gasteiger partial charge is 0.321 e. The molecule has 0 bridgehead atoms. The van der Waals surface area contributed by atoms with Crippen molar-refractivity contribution in [3.63, 3.8) is 0 Å². The summed E-state index contributed by atoms with van der Waals surface area (Å²) in [6.07, 6.45) is 0.522. The van der Waals surface area contributed by atoms with Crippen LogP contribution in [0.5, 0.6) is 0 Å². The third-order valence-electron chi connectivity index (χ3n) is 2.87. The largest absolute Gasteiger partial charge is 0.396 e. The molecule has 6 nitrogen and oxygen atoms in total. The van der Waals surface area contributed by atoms with Crippen molar-refractivity contribution in [2.75, 3.05) is 26.7 Å². The van der Waals surface area contributed by atoms with E-state index in [1.807, 2.05) is 11.0 Å². The molecule has 0 spiro atoms. The van der Waals surface area contributed by atoms with E-state index in [-0.39, 0.29) is 13.2 Å². The summed E-state index contributed by atoms with van der Waals surface area (Å²) in [5.74, 6) is -0.419. The van der Waals surface area contributed by atoms with Crippen molar-refractivity contribution in [1.82, 2.24) is 15.5 Å². The molecule has 1 aromatic rings. The highest BCUT2D eigenvalue weighted by Gasteiger charge is 2.13. The first-order valence-corrected chi connectivity index (χ1v) is 7.50. The second-order valence-electron chi connectivity index (χ2n) is 4.66. The van der Waals surface area contributed by atoms with Crippen LogP contribution < -0.4 is 10.6 Å². The number of hydrogen-bond donors (Lipinski definition) is 3. The van der Waals surface area contributed by atoms with Gasteiger partial charge in [0.1, 0.15) is 0 Å². The van der Waals surface area contributed by atoms with Gasteiger partial charge in [-0.15, -0.1) is 0 Å². The van der Waals surface area contributed by atoms with E-state index < -0.39 is 11.9 Å². The molecular weight excluding hydrogens is 329 g/mol. The number of aliphatic hydroxyl groups excluding tert-OH is 1. The van der Waals surface area contributed by atoms with Gasteiger partial charge in [0.25, 0.3) is 0 Å². The molecule has 22 heavy (non-hydrogen) atoms. The summed E-state index contributed by atoms with van der Waals surface area (Å²) in [6, 6.07) is 4.68. The fraction of sp³-hybridized carbons (Fsp3) is 0.429. The van der Waals surface area contributed by atoms with E-state index in [0.29, 0.717) is 29.6 Å². The van der Waals surface area contributed by atoms with E-state index in [1.54, 1.807) is 12.1 Å². The van der Waals surface area contributed by atoms with E-state index >= 15 is 0 Å². The molecule has 0 aliphatic rings.